The maximum absolute atomic E-state index is 11.6. The summed E-state index contributed by atoms with van der Waals surface area (Å²) in [7, 11) is 0. The van der Waals surface area contributed by atoms with Crippen molar-refractivity contribution in [1.29, 1.82) is 0 Å². The minimum atomic E-state index is -0.921. The predicted molar refractivity (Wildman–Crippen MR) is 75.1 cm³/mol. The Hall–Kier alpha value is -1.14. The first-order valence-electron chi connectivity index (χ1n) is 7.08. The van der Waals surface area contributed by atoms with Gasteiger partial charge >= 0.3 is 0 Å². The fraction of sp³-hybridized carbons (Fsp3) is 0.857. The van der Waals surface area contributed by atoms with Crippen LogP contribution in [0.25, 0.3) is 0 Å². The van der Waals surface area contributed by atoms with Gasteiger partial charge in [0.15, 0.2) is 0 Å². The number of ether oxygens (including phenoxy) is 1. The third kappa shape index (κ3) is 5.88. The number of carbonyl (C=O) groups excluding carboxylic acids is 2. The molecule has 0 bridgehead atoms. The number of hydrogen-bond acceptors (Lipinski definition) is 4. The van der Waals surface area contributed by atoms with Crippen LogP contribution in [0.1, 0.15) is 40.0 Å². The topological polar surface area (TPSA) is 87.7 Å². The Morgan fingerprint density at radius 1 is 1.30 bits per heavy atom. The van der Waals surface area contributed by atoms with E-state index in [1.165, 1.54) is 0 Å². The number of hydrogen-bond donors (Lipinski definition) is 3. The van der Waals surface area contributed by atoms with Gasteiger partial charge in [0.1, 0.15) is 5.60 Å². The molecule has 1 rings (SSSR count). The molecule has 1 saturated heterocycles. The van der Waals surface area contributed by atoms with Gasteiger partial charge in [0.05, 0.1) is 6.61 Å². The molecule has 0 spiro atoms. The van der Waals surface area contributed by atoms with Crippen molar-refractivity contribution in [2.24, 2.45) is 5.41 Å². The summed E-state index contributed by atoms with van der Waals surface area (Å²) in [5, 5.41) is 15.5. The number of nitrogens with one attached hydrogen (secondary N) is 2. The lowest BCUT2D eigenvalue weighted by Crippen LogP contribution is -2.43. The van der Waals surface area contributed by atoms with Crippen LogP contribution in [-0.4, -0.2) is 48.8 Å². The molecule has 1 unspecified atom stereocenters. The van der Waals surface area contributed by atoms with E-state index >= 15 is 0 Å². The second-order valence-electron chi connectivity index (χ2n) is 6.41. The van der Waals surface area contributed by atoms with Gasteiger partial charge in [0, 0.05) is 38.0 Å². The molecule has 3 N–H and O–H groups in total. The maximum Gasteiger partial charge on any atom is 0.225 e. The lowest BCUT2D eigenvalue weighted by Gasteiger charge is -2.20. The Balaban J connectivity index is 2.10. The summed E-state index contributed by atoms with van der Waals surface area (Å²) >= 11 is 0. The molecular formula is C14H26N2O4. The molecule has 1 aliphatic rings. The first-order chi connectivity index (χ1) is 9.23. The molecule has 20 heavy (non-hydrogen) atoms. The molecular weight excluding hydrogens is 260 g/mol. The van der Waals surface area contributed by atoms with Crippen molar-refractivity contribution >= 4 is 11.8 Å². The van der Waals surface area contributed by atoms with E-state index in [9.17, 15) is 14.7 Å². The molecule has 6 heteroatoms. The lowest BCUT2D eigenvalue weighted by atomic mass is 9.96. The Kier molecular flexibility index (Phi) is 5.95. The number of aliphatic hydroxyl groups is 1. The van der Waals surface area contributed by atoms with Crippen LogP contribution in [0.15, 0.2) is 0 Å². The van der Waals surface area contributed by atoms with Gasteiger partial charge in [-0.15, -0.1) is 0 Å². The fourth-order valence-electron chi connectivity index (χ4n) is 1.80. The molecule has 6 nitrogen and oxygen atoms in total. The van der Waals surface area contributed by atoms with Crippen molar-refractivity contribution < 1.29 is 19.4 Å². The zero-order valence-corrected chi connectivity index (χ0v) is 12.6. The molecule has 1 heterocycles. The summed E-state index contributed by atoms with van der Waals surface area (Å²) in [6.07, 6.45) is 1.47. The van der Waals surface area contributed by atoms with Crippen LogP contribution >= 0.6 is 0 Å². The molecule has 1 atom stereocenters. The van der Waals surface area contributed by atoms with Crippen molar-refractivity contribution in [3.05, 3.63) is 0 Å². The largest absolute Gasteiger partial charge is 0.386 e. The van der Waals surface area contributed by atoms with Crippen LogP contribution in [0.3, 0.4) is 0 Å². The van der Waals surface area contributed by atoms with Gasteiger partial charge in [-0.1, -0.05) is 20.8 Å². The molecule has 1 aliphatic heterocycles. The molecule has 0 aromatic rings. The molecule has 2 amide bonds. The third-order valence-corrected chi connectivity index (χ3v) is 3.24. The van der Waals surface area contributed by atoms with Crippen LogP contribution in [0.5, 0.6) is 0 Å². The molecule has 0 aromatic heterocycles. The maximum atomic E-state index is 11.6. The minimum Gasteiger partial charge on any atom is -0.386 e. The van der Waals surface area contributed by atoms with E-state index in [1.807, 2.05) is 20.8 Å². The fourth-order valence-corrected chi connectivity index (χ4v) is 1.80. The summed E-state index contributed by atoms with van der Waals surface area (Å²) < 4.78 is 5.10. The average Bonchev–Trinajstić information content (AvgIpc) is 2.78. The lowest BCUT2D eigenvalue weighted by molar-refractivity contribution is -0.128. The molecule has 116 valence electrons. The highest BCUT2D eigenvalue weighted by Crippen LogP contribution is 2.16. The average molecular weight is 286 g/mol. The molecule has 0 aromatic carbocycles. The normalized spacial score (nSPS) is 22.6. The number of amides is 2. The summed E-state index contributed by atoms with van der Waals surface area (Å²) in [6.45, 7) is 7.05. The second-order valence-corrected chi connectivity index (χ2v) is 6.41. The third-order valence-electron chi connectivity index (χ3n) is 3.24. The van der Waals surface area contributed by atoms with Crippen LogP contribution in [0.4, 0.5) is 0 Å². The highest BCUT2D eigenvalue weighted by Gasteiger charge is 2.32. The van der Waals surface area contributed by atoms with E-state index in [2.05, 4.69) is 10.6 Å². The van der Waals surface area contributed by atoms with Crippen molar-refractivity contribution in [3.8, 4) is 0 Å². The summed E-state index contributed by atoms with van der Waals surface area (Å²) in [4.78, 5) is 23.2. The van der Waals surface area contributed by atoms with Gasteiger partial charge in [-0.3, -0.25) is 9.59 Å². The van der Waals surface area contributed by atoms with E-state index in [1.54, 1.807) is 0 Å². The van der Waals surface area contributed by atoms with Gasteiger partial charge in [-0.2, -0.15) is 0 Å². The van der Waals surface area contributed by atoms with Crippen molar-refractivity contribution in [1.82, 2.24) is 10.6 Å². The van der Waals surface area contributed by atoms with Crippen molar-refractivity contribution in [2.45, 2.75) is 45.6 Å². The van der Waals surface area contributed by atoms with E-state index < -0.39 is 11.0 Å². The Morgan fingerprint density at radius 2 is 2.00 bits per heavy atom. The van der Waals surface area contributed by atoms with Gasteiger partial charge < -0.3 is 20.5 Å². The van der Waals surface area contributed by atoms with E-state index in [0.29, 0.717) is 32.4 Å². The molecule has 0 radical (unpaired) electrons. The molecule has 0 saturated carbocycles. The number of carbonyl (C=O) groups is 2. The first-order valence-corrected chi connectivity index (χ1v) is 7.08. The van der Waals surface area contributed by atoms with Crippen LogP contribution < -0.4 is 10.6 Å². The van der Waals surface area contributed by atoms with E-state index in [4.69, 9.17) is 4.74 Å². The van der Waals surface area contributed by atoms with Crippen LogP contribution in [0.2, 0.25) is 0 Å². The Labute approximate surface area is 120 Å². The number of rotatable bonds is 6. The highest BCUT2D eigenvalue weighted by molar-refractivity contribution is 5.81. The van der Waals surface area contributed by atoms with Crippen molar-refractivity contribution in [3.63, 3.8) is 0 Å². The van der Waals surface area contributed by atoms with E-state index in [-0.39, 0.29) is 25.0 Å². The molecule has 0 aliphatic carbocycles. The van der Waals surface area contributed by atoms with Crippen LogP contribution in [-0.2, 0) is 14.3 Å². The van der Waals surface area contributed by atoms with Crippen LogP contribution in [0, 0.1) is 5.41 Å². The van der Waals surface area contributed by atoms with Crippen molar-refractivity contribution in [2.75, 3.05) is 26.3 Å². The highest BCUT2D eigenvalue weighted by atomic mass is 16.5. The standard InChI is InChI=1S/C14H26N2O4/c1-13(2,3)12(18)15-7-4-5-11(17)16-9-14(19)6-8-20-10-14/h19H,4-10H2,1-3H3,(H,15,18)(H,16,17). The van der Waals surface area contributed by atoms with Gasteiger partial charge in [0.25, 0.3) is 0 Å². The SMILES string of the molecule is CC(C)(C)C(=O)NCCCC(=O)NCC1(O)CCOC1. The second kappa shape index (κ2) is 7.04. The summed E-state index contributed by atoms with van der Waals surface area (Å²) in [5.74, 6) is -0.134. The monoisotopic (exact) mass is 286 g/mol. The van der Waals surface area contributed by atoms with E-state index in [0.717, 1.165) is 0 Å². The van der Waals surface area contributed by atoms with Gasteiger partial charge in [-0.25, -0.2) is 0 Å². The first kappa shape index (κ1) is 16.9. The predicted octanol–water partition coefficient (Wildman–Crippen LogP) is 0.197. The smallest absolute Gasteiger partial charge is 0.225 e. The Bertz CT molecular complexity index is 344. The zero-order chi connectivity index (χ0) is 15.2. The van der Waals surface area contributed by atoms with Gasteiger partial charge in [0.2, 0.25) is 11.8 Å². The quantitative estimate of drug-likeness (QED) is 0.609. The minimum absolute atomic E-state index is 0.0182. The summed E-state index contributed by atoms with van der Waals surface area (Å²) in [5.41, 5.74) is -1.33. The van der Waals surface area contributed by atoms with Gasteiger partial charge in [-0.05, 0) is 6.42 Å². The Morgan fingerprint density at radius 3 is 2.55 bits per heavy atom. The zero-order valence-electron chi connectivity index (χ0n) is 12.6. The molecule has 1 fully saturated rings. The summed E-state index contributed by atoms with van der Waals surface area (Å²) in [6, 6.07) is 0.